The third kappa shape index (κ3) is 4.08. The summed E-state index contributed by atoms with van der Waals surface area (Å²) in [5.41, 5.74) is 9.71. The second-order valence-electron chi connectivity index (χ2n) is 6.76. The van der Waals surface area contributed by atoms with Crippen LogP contribution in [0.25, 0.3) is 11.6 Å². The van der Waals surface area contributed by atoms with E-state index in [1.54, 1.807) is 11.9 Å². The van der Waals surface area contributed by atoms with Gasteiger partial charge in [0, 0.05) is 11.4 Å². The lowest BCUT2D eigenvalue weighted by Crippen LogP contribution is -2.01. The molecule has 1 aliphatic rings. The molecule has 0 bridgehead atoms. The molecule has 0 heterocycles. The lowest BCUT2D eigenvalue weighted by Gasteiger charge is -2.14. The minimum atomic E-state index is 0.954. The molecule has 2 aromatic carbocycles. The number of nitrogens with one attached hydrogen (secondary N) is 1. The molecule has 1 nitrogen and oxygen atoms in total. The van der Waals surface area contributed by atoms with Crippen molar-refractivity contribution in [2.24, 2.45) is 0 Å². The highest BCUT2D eigenvalue weighted by Crippen LogP contribution is 2.36. The van der Waals surface area contributed by atoms with Crippen LogP contribution in [0, 0.1) is 6.92 Å². The Labute approximate surface area is 156 Å². The van der Waals surface area contributed by atoms with Gasteiger partial charge in [-0.05, 0) is 91.1 Å². The lowest BCUT2D eigenvalue weighted by atomic mass is 9.93. The second kappa shape index (κ2) is 8.07. The van der Waals surface area contributed by atoms with Gasteiger partial charge < -0.3 is 0 Å². The van der Waals surface area contributed by atoms with Gasteiger partial charge in [-0.1, -0.05) is 48.9 Å². The Morgan fingerprint density at radius 2 is 1.84 bits per heavy atom. The first-order chi connectivity index (χ1) is 12.1. The molecule has 2 heteroatoms. The highest BCUT2D eigenvalue weighted by Gasteiger charge is 2.16. The summed E-state index contributed by atoms with van der Waals surface area (Å²) in [6.07, 6.45) is 4.65. The van der Waals surface area contributed by atoms with E-state index in [4.69, 9.17) is 0 Å². The van der Waals surface area contributed by atoms with E-state index < -0.39 is 0 Å². The highest BCUT2D eigenvalue weighted by atomic mass is 32.2. The SMILES string of the molecule is CCNSc1cc(C)ccc1/C=C1\C(C)=C(C)CCc2ccccc21. The van der Waals surface area contributed by atoms with Crippen LogP contribution in [-0.2, 0) is 6.42 Å². The van der Waals surface area contributed by atoms with Crippen molar-refractivity contribution in [3.8, 4) is 0 Å². The van der Waals surface area contributed by atoms with Crippen LogP contribution in [0.2, 0.25) is 0 Å². The summed E-state index contributed by atoms with van der Waals surface area (Å²) in [5, 5.41) is 0. The van der Waals surface area contributed by atoms with Crippen LogP contribution in [0.3, 0.4) is 0 Å². The molecular weight excluding hydrogens is 322 g/mol. The number of hydrogen-bond donors (Lipinski definition) is 1. The van der Waals surface area contributed by atoms with Crippen molar-refractivity contribution < 1.29 is 0 Å². The van der Waals surface area contributed by atoms with Crippen LogP contribution in [0.1, 0.15) is 49.4 Å². The van der Waals surface area contributed by atoms with Gasteiger partial charge in [0.2, 0.25) is 0 Å². The van der Waals surface area contributed by atoms with Gasteiger partial charge >= 0.3 is 0 Å². The zero-order chi connectivity index (χ0) is 17.8. The Hall–Kier alpha value is -1.77. The van der Waals surface area contributed by atoms with Crippen LogP contribution < -0.4 is 4.72 Å². The smallest absolute Gasteiger partial charge is 0.0303 e. The van der Waals surface area contributed by atoms with Crippen LogP contribution in [0.4, 0.5) is 0 Å². The number of hydrogen-bond acceptors (Lipinski definition) is 2. The van der Waals surface area contributed by atoms with E-state index in [2.05, 4.69) is 81.0 Å². The molecular formula is C23H27NS. The topological polar surface area (TPSA) is 12.0 Å². The van der Waals surface area contributed by atoms with E-state index >= 15 is 0 Å². The normalized spacial score (nSPS) is 16.1. The Bertz CT molecular complexity index is 830. The molecule has 0 fully saturated rings. The van der Waals surface area contributed by atoms with Crippen molar-refractivity contribution in [2.45, 2.75) is 45.4 Å². The monoisotopic (exact) mass is 349 g/mol. The van der Waals surface area contributed by atoms with Gasteiger partial charge in [-0.2, -0.15) is 0 Å². The molecule has 0 unspecified atom stereocenters. The van der Waals surface area contributed by atoms with Gasteiger partial charge in [0.15, 0.2) is 0 Å². The first-order valence-electron chi connectivity index (χ1n) is 9.07. The summed E-state index contributed by atoms with van der Waals surface area (Å²) in [4.78, 5) is 1.29. The minimum absolute atomic E-state index is 0.954. The second-order valence-corrected chi connectivity index (χ2v) is 7.69. The number of allylic oxidation sites excluding steroid dienone is 3. The van der Waals surface area contributed by atoms with Gasteiger partial charge in [-0.15, -0.1) is 0 Å². The number of benzene rings is 2. The van der Waals surface area contributed by atoms with Crippen LogP contribution in [0.5, 0.6) is 0 Å². The zero-order valence-corrected chi connectivity index (χ0v) is 16.5. The molecule has 0 saturated heterocycles. The summed E-state index contributed by atoms with van der Waals surface area (Å²) < 4.78 is 3.40. The molecule has 1 N–H and O–H groups in total. The van der Waals surface area contributed by atoms with Crippen molar-refractivity contribution in [3.63, 3.8) is 0 Å². The van der Waals surface area contributed by atoms with E-state index in [0.717, 1.165) is 19.4 Å². The summed E-state index contributed by atoms with van der Waals surface area (Å²) in [5.74, 6) is 0. The molecule has 3 rings (SSSR count). The van der Waals surface area contributed by atoms with Gasteiger partial charge in [-0.25, -0.2) is 0 Å². The van der Waals surface area contributed by atoms with Crippen molar-refractivity contribution in [1.82, 2.24) is 4.72 Å². The molecule has 0 radical (unpaired) electrons. The Balaban J connectivity index is 2.14. The molecule has 0 amide bonds. The Kier molecular flexibility index (Phi) is 5.82. The van der Waals surface area contributed by atoms with E-state index in [-0.39, 0.29) is 0 Å². The van der Waals surface area contributed by atoms with Gasteiger partial charge in [0.05, 0.1) is 0 Å². The molecule has 130 valence electrons. The predicted octanol–water partition coefficient (Wildman–Crippen LogP) is 6.43. The number of aryl methyl sites for hydroxylation is 2. The van der Waals surface area contributed by atoms with Gasteiger partial charge in [-0.3, -0.25) is 4.72 Å². The standard InChI is InChI=1S/C23H27NS/c1-5-24-25-23-14-16(2)10-12-20(23)15-22-18(4)17(3)11-13-19-8-6-7-9-21(19)22/h6-10,12,14-15,24H,5,11,13H2,1-4H3/b22-15+. The van der Waals surface area contributed by atoms with Gasteiger partial charge in [0.1, 0.15) is 0 Å². The molecule has 0 atom stereocenters. The van der Waals surface area contributed by atoms with Gasteiger partial charge in [0.25, 0.3) is 0 Å². The average molecular weight is 350 g/mol. The van der Waals surface area contributed by atoms with E-state index in [1.807, 2.05) is 0 Å². The number of rotatable bonds is 4. The fourth-order valence-electron chi connectivity index (χ4n) is 3.28. The molecule has 0 saturated carbocycles. The highest BCUT2D eigenvalue weighted by molar-refractivity contribution is 7.97. The van der Waals surface area contributed by atoms with Crippen LogP contribution in [-0.4, -0.2) is 6.54 Å². The quantitative estimate of drug-likeness (QED) is 0.638. The van der Waals surface area contributed by atoms with Crippen LogP contribution in [0.15, 0.2) is 58.5 Å². The van der Waals surface area contributed by atoms with Crippen molar-refractivity contribution in [1.29, 1.82) is 0 Å². The molecule has 0 aromatic heterocycles. The predicted molar refractivity (Wildman–Crippen MR) is 112 cm³/mol. The minimum Gasteiger partial charge on any atom is -0.260 e. The first kappa shape index (κ1) is 18.0. The van der Waals surface area contributed by atoms with Crippen molar-refractivity contribution in [3.05, 3.63) is 75.9 Å². The maximum Gasteiger partial charge on any atom is 0.0303 e. The fraction of sp³-hybridized carbons (Fsp3) is 0.304. The Morgan fingerprint density at radius 3 is 2.64 bits per heavy atom. The van der Waals surface area contributed by atoms with Crippen molar-refractivity contribution in [2.75, 3.05) is 6.54 Å². The zero-order valence-electron chi connectivity index (χ0n) is 15.6. The number of fused-ring (bicyclic) bond motifs is 1. The fourth-order valence-corrected chi connectivity index (χ4v) is 4.07. The summed E-state index contributed by atoms with van der Waals surface area (Å²) in [7, 11) is 0. The summed E-state index contributed by atoms with van der Waals surface area (Å²) in [6, 6.07) is 15.6. The maximum absolute atomic E-state index is 3.40. The molecule has 0 aliphatic heterocycles. The third-order valence-electron chi connectivity index (χ3n) is 4.92. The third-order valence-corrected chi connectivity index (χ3v) is 5.92. The van der Waals surface area contributed by atoms with Crippen molar-refractivity contribution >= 4 is 23.6 Å². The first-order valence-corrected chi connectivity index (χ1v) is 9.89. The molecule has 0 spiro atoms. The summed E-state index contributed by atoms with van der Waals surface area (Å²) in [6.45, 7) is 9.80. The summed E-state index contributed by atoms with van der Waals surface area (Å²) >= 11 is 1.73. The largest absolute Gasteiger partial charge is 0.260 e. The molecule has 25 heavy (non-hydrogen) atoms. The van der Waals surface area contributed by atoms with E-state index in [1.165, 1.54) is 43.9 Å². The molecule has 2 aromatic rings. The van der Waals surface area contributed by atoms with E-state index in [9.17, 15) is 0 Å². The maximum atomic E-state index is 3.40. The molecule has 1 aliphatic carbocycles. The van der Waals surface area contributed by atoms with Crippen LogP contribution >= 0.6 is 11.9 Å². The Morgan fingerprint density at radius 1 is 1.04 bits per heavy atom. The average Bonchev–Trinajstić information content (AvgIpc) is 2.74. The van der Waals surface area contributed by atoms with E-state index in [0.29, 0.717) is 0 Å². The lowest BCUT2D eigenvalue weighted by molar-refractivity contribution is 0.940.